The van der Waals surface area contributed by atoms with Crippen LogP contribution in [-0.4, -0.2) is 17.7 Å². The quantitative estimate of drug-likeness (QED) is 0.870. The van der Waals surface area contributed by atoms with Crippen LogP contribution in [0.3, 0.4) is 0 Å². The van der Waals surface area contributed by atoms with Crippen LogP contribution in [0.2, 0.25) is 5.02 Å². The molecule has 21 heavy (non-hydrogen) atoms. The SMILES string of the molecule is CCC(C)C(N)C(=O)NC1CCSc2ccc(Cl)cc21.Cl. The van der Waals surface area contributed by atoms with E-state index < -0.39 is 6.04 Å². The highest BCUT2D eigenvalue weighted by molar-refractivity contribution is 7.99. The van der Waals surface area contributed by atoms with Gasteiger partial charge in [-0.1, -0.05) is 31.9 Å². The number of rotatable bonds is 4. The van der Waals surface area contributed by atoms with Gasteiger partial charge in [0, 0.05) is 15.7 Å². The molecule has 0 fully saturated rings. The molecule has 6 heteroatoms. The van der Waals surface area contributed by atoms with E-state index in [0.717, 1.165) is 24.2 Å². The standard InChI is InChI=1S/C15H21ClN2OS.ClH/c1-3-9(2)14(17)15(19)18-12-6-7-20-13-5-4-10(16)8-11(12)13;/h4-5,8-9,12,14H,3,6-7,17H2,1-2H3,(H,18,19);1H. The molecule has 0 aliphatic carbocycles. The number of thioether (sulfide) groups is 1. The number of amides is 1. The lowest BCUT2D eigenvalue weighted by molar-refractivity contribution is -0.124. The van der Waals surface area contributed by atoms with E-state index in [1.165, 1.54) is 4.90 Å². The third kappa shape index (κ3) is 4.52. The van der Waals surface area contributed by atoms with E-state index in [9.17, 15) is 4.79 Å². The number of nitrogens with one attached hydrogen (secondary N) is 1. The Balaban J connectivity index is 0.00000220. The molecule has 0 saturated heterocycles. The Kier molecular flexibility index (Phi) is 7.34. The van der Waals surface area contributed by atoms with Crippen LogP contribution in [0, 0.1) is 5.92 Å². The lowest BCUT2D eigenvalue weighted by Crippen LogP contribution is -2.46. The molecule has 0 aromatic heterocycles. The van der Waals surface area contributed by atoms with Crippen molar-refractivity contribution in [3.8, 4) is 0 Å². The number of nitrogens with two attached hydrogens (primary N) is 1. The first kappa shape index (κ1) is 18.6. The predicted molar refractivity (Wildman–Crippen MR) is 92.4 cm³/mol. The second-order valence-corrected chi connectivity index (χ2v) is 6.86. The fraction of sp³-hybridized carbons (Fsp3) is 0.533. The summed E-state index contributed by atoms with van der Waals surface area (Å²) >= 11 is 7.87. The fourth-order valence-corrected chi connectivity index (χ4v) is 3.58. The summed E-state index contributed by atoms with van der Waals surface area (Å²) in [5, 5.41) is 3.79. The molecular weight excluding hydrogens is 327 g/mol. The predicted octanol–water partition coefficient (Wildman–Crippen LogP) is 3.79. The van der Waals surface area contributed by atoms with Gasteiger partial charge in [-0.25, -0.2) is 0 Å². The van der Waals surface area contributed by atoms with Crippen LogP contribution >= 0.6 is 35.8 Å². The summed E-state index contributed by atoms with van der Waals surface area (Å²) in [6.45, 7) is 4.05. The molecule has 2 rings (SSSR count). The van der Waals surface area contributed by atoms with Crippen molar-refractivity contribution >= 4 is 41.7 Å². The zero-order valence-corrected chi connectivity index (χ0v) is 14.7. The topological polar surface area (TPSA) is 55.1 Å². The van der Waals surface area contributed by atoms with Gasteiger partial charge in [-0.3, -0.25) is 4.79 Å². The van der Waals surface area contributed by atoms with E-state index in [4.69, 9.17) is 17.3 Å². The minimum absolute atomic E-state index is 0. The van der Waals surface area contributed by atoms with Gasteiger partial charge in [0.2, 0.25) is 5.91 Å². The fourth-order valence-electron chi connectivity index (χ4n) is 2.30. The summed E-state index contributed by atoms with van der Waals surface area (Å²) in [6.07, 6.45) is 1.81. The molecule has 1 aliphatic heterocycles. The molecule has 1 heterocycles. The molecule has 1 aromatic rings. The third-order valence-corrected chi connectivity index (χ3v) is 5.25. The van der Waals surface area contributed by atoms with Crippen molar-refractivity contribution in [3.05, 3.63) is 28.8 Å². The molecule has 3 N–H and O–H groups in total. The number of fused-ring (bicyclic) bond motifs is 1. The van der Waals surface area contributed by atoms with Gasteiger partial charge in [0.1, 0.15) is 0 Å². The smallest absolute Gasteiger partial charge is 0.237 e. The summed E-state index contributed by atoms with van der Waals surface area (Å²) in [7, 11) is 0. The molecular formula is C15H22Cl2N2OS. The third-order valence-electron chi connectivity index (χ3n) is 3.89. The van der Waals surface area contributed by atoms with Crippen molar-refractivity contribution in [2.75, 3.05) is 5.75 Å². The lowest BCUT2D eigenvalue weighted by atomic mass is 9.97. The Morgan fingerprint density at radius 1 is 1.57 bits per heavy atom. The summed E-state index contributed by atoms with van der Waals surface area (Å²) in [4.78, 5) is 13.4. The molecule has 3 unspecified atom stereocenters. The summed E-state index contributed by atoms with van der Waals surface area (Å²) < 4.78 is 0. The number of carbonyl (C=O) groups excluding carboxylic acids is 1. The average Bonchev–Trinajstić information content (AvgIpc) is 2.46. The van der Waals surface area contributed by atoms with Crippen molar-refractivity contribution in [1.29, 1.82) is 0 Å². The molecule has 1 aromatic carbocycles. The molecule has 1 aliphatic rings. The van der Waals surface area contributed by atoms with Crippen LogP contribution in [0.25, 0.3) is 0 Å². The van der Waals surface area contributed by atoms with Gasteiger partial charge in [-0.2, -0.15) is 0 Å². The lowest BCUT2D eigenvalue weighted by Gasteiger charge is -2.28. The molecule has 3 atom stereocenters. The van der Waals surface area contributed by atoms with Crippen molar-refractivity contribution in [2.45, 2.75) is 43.7 Å². The van der Waals surface area contributed by atoms with Gasteiger partial charge < -0.3 is 11.1 Å². The number of hydrogen-bond acceptors (Lipinski definition) is 3. The summed E-state index contributed by atoms with van der Waals surface area (Å²) in [6, 6.07) is 5.44. The Morgan fingerprint density at radius 3 is 2.95 bits per heavy atom. The monoisotopic (exact) mass is 348 g/mol. The van der Waals surface area contributed by atoms with Gasteiger partial charge in [0.05, 0.1) is 12.1 Å². The minimum atomic E-state index is -0.447. The van der Waals surface area contributed by atoms with Gasteiger partial charge in [0.25, 0.3) is 0 Å². The zero-order chi connectivity index (χ0) is 14.7. The highest BCUT2D eigenvalue weighted by Gasteiger charge is 2.26. The second-order valence-electron chi connectivity index (χ2n) is 5.29. The first-order chi connectivity index (χ1) is 9.52. The van der Waals surface area contributed by atoms with Gasteiger partial charge in [-0.05, 0) is 36.1 Å². The van der Waals surface area contributed by atoms with E-state index in [-0.39, 0.29) is 30.3 Å². The van der Waals surface area contributed by atoms with Crippen molar-refractivity contribution in [2.24, 2.45) is 11.7 Å². The highest BCUT2D eigenvalue weighted by Crippen LogP contribution is 2.37. The van der Waals surface area contributed by atoms with Gasteiger partial charge >= 0.3 is 0 Å². The Labute approximate surface area is 141 Å². The van der Waals surface area contributed by atoms with Crippen molar-refractivity contribution in [1.82, 2.24) is 5.32 Å². The number of benzene rings is 1. The van der Waals surface area contributed by atoms with Crippen molar-refractivity contribution < 1.29 is 4.79 Å². The van der Waals surface area contributed by atoms with E-state index in [2.05, 4.69) is 5.32 Å². The molecule has 118 valence electrons. The maximum absolute atomic E-state index is 12.2. The van der Waals surface area contributed by atoms with E-state index in [0.29, 0.717) is 5.02 Å². The van der Waals surface area contributed by atoms with Gasteiger partial charge in [-0.15, -0.1) is 24.2 Å². The van der Waals surface area contributed by atoms with E-state index in [1.54, 1.807) is 11.8 Å². The highest BCUT2D eigenvalue weighted by atomic mass is 35.5. The molecule has 3 nitrogen and oxygen atoms in total. The first-order valence-corrected chi connectivity index (χ1v) is 8.37. The van der Waals surface area contributed by atoms with Crippen LogP contribution in [0.5, 0.6) is 0 Å². The number of halogens is 2. The molecule has 1 amide bonds. The Bertz CT molecular complexity index is 499. The molecule has 0 spiro atoms. The molecule has 0 radical (unpaired) electrons. The number of hydrogen-bond donors (Lipinski definition) is 2. The normalized spacial score (nSPS) is 19.9. The summed E-state index contributed by atoms with van der Waals surface area (Å²) in [5.74, 6) is 1.12. The second kappa shape index (κ2) is 8.28. The maximum atomic E-state index is 12.2. The van der Waals surface area contributed by atoms with Crippen LogP contribution < -0.4 is 11.1 Å². The first-order valence-electron chi connectivity index (χ1n) is 7.01. The average molecular weight is 349 g/mol. The minimum Gasteiger partial charge on any atom is -0.348 e. The van der Waals surface area contributed by atoms with Crippen LogP contribution in [0.1, 0.15) is 38.3 Å². The largest absolute Gasteiger partial charge is 0.348 e. The Hall–Kier alpha value is -0.420. The number of carbonyl (C=O) groups is 1. The van der Waals surface area contributed by atoms with E-state index >= 15 is 0 Å². The van der Waals surface area contributed by atoms with Crippen LogP contribution in [0.4, 0.5) is 0 Å². The molecule has 0 saturated carbocycles. The summed E-state index contributed by atoms with van der Waals surface area (Å²) in [5.41, 5.74) is 7.10. The Morgan fingerprint density at radius 2 is 2.29 bits per heavy atom. The van der Waals surface area contributed by atoms with Crippen molar-refractivity contribution in [3.63, 3.8) is 0 Å². The maximum Gasteiger partial charge on any atom is 0.237 e. The molecule has 0 bridgehead atoms. The van der Waals surface area contributed by atoms with Gasteiger partial charge in [0.15, 0.2) is 0 Å². The zero-order valence-electron chi connectivity index (χ0n) is 12.3. The van der Waals surface area contributed by atoms with Crippen LogP contribution in [-0.2, 0) is 4.79 Å². The van der Waals surface area contributed by atoms with Crippen LogP contribution in [0.15, 0.2) is 23.1 Å². The van der Waals surface area contributed by atoms with E-state index in [1.807, 2.05) is 32.0 Å².